The maximum atomic E-state index is 5.63. The fourth-order valence-corrected chi connectivity index (χ4v) is 5.23. The van der Waals surface area contributed by atoms with Crippen LogP contribution >= 0.6 is 0 Å². The zero-order valence-corrected chi connectivity index (χ0v) is 17.1. The molecule has 0 aliphatic heterocycles. The van der Waals surface area contributed by atoms with E-state index in [1.165, 1.54) is 69.9 Å². The third kappa shape index (κ3) is 5.72. The number of ether oxygens (including phenoxy) is 1. The summed E-state index contributed by atoms with van der Waals surface area (Å²) in [4.78, 5) is 4.59. The first-order chi connectivity index (χ1) is 12.8. The SMILES string of the molecule is CCCOc1ccc(CCC2CCC(C3CCC(CC)CC3)CC2)nc1. The van der Waals surface area contributed by atoms with E-state index in [0.29, 0.717) is 0 Å². The quantitative estimate of drug-likeness (QED) is 0.509. The molecule has 0 aromatic carbocycles. The summed E-state index contributed by atoms with van der Waals surface area (Å²) in [5.74, 6) is 4.96. The minimum absolute atomic E-state index is 0.782. The molecule has 1 aromatic rings. The van der Waals surface area contributed by atoms with Crippen LogP contribution in [0.4, 0.5) is 0 Å². The molecule has 0 N–H and O–H groups in total. The Morgan fingerprint density at radius 3 is 2.08 bits per heavy atom. The minimum Gasteiger partial charge on any atom is -0.492 e. The summed E-state index contributed by atoms with van der Waals surface area (Å²) in [5, 5.41) is 0. The van der Waals surface area contributed by atoms with Crippen LogP contribution in [-0.4, -0.2) is 11.6 Å². The minimum atomic E-state index is 0.782. The molecule has 0 bridgehead atoms. The van der Waals surface area contributed by atoms with Crippen LogP contribution in [0.15, 0.2) is 18.3 Å². The van der Waals surface area contributed by atoms with Crippen LogP contribution in [0.25, 0.3) is 0 Å². The van der Waals surface area contributed by atoms with E-state index in [-0.39, 0.29) is 0 Å². The van der Waals surface area contributed by atoms with E-state index < -0.39 is 0 Å². The Balaban J connectivity index is 1.35. The average molecular weight is 358 g/mol. The number of hydrogen-bond donors (Lipinski definition) is 0. The summed E-state index contributed by atoms with van der Waals surface area (Å²) in [6, 6.07) is 4.24. The van der Waals surface area contributed by atoms with Crippen LogP contribution in [0.2, 0.25) is 0 Å². The second-order valence-corrected chi connectivity index (χ2v) is 8.84. The summed E-state index contributed by atoms with van der Waals surface area (Å²) in [7, 11) is 0. The molecule has 2 fully saturated rings. The molecule has 2 saturated carbocycles. The van der Waals surface area contributed by atoms with E-state index in [9.17, 15) is 0 Å². The lowest BCUT2D eigenvalue weighted by Gasteiger charge is -2.37. The summed E-state index contributed by atoms with van der Waals surface area (Å²) < 4.78 is 5.63. The molecule has 2 heteroatoms. The van der Waals surface area contributed by atoms with Crippen LogP contribution in [0.3, 0.4) is 0 Å². The Morgan fingerprint density at radius 2 is 1.54 bits per heavy atom. The van der Waals surface area contributed by atoms with Crippen LogP contribution < -0.4 is 4.74 Å². The molecular weight excluding hydrogens is 318 g/mol. The van der Waals surface area contributed by atoms with Crippen molar-refractivity contribution < 1.29 is 4.74 Å². The topological polar surface area (TPSA) is 22.1 Å². The Morgan fingerprint density at radius 1 is 0.885 bits per heavy atom. The van der Waals surface area contributed by atoms with Crippen molar-refractivity contribution in [1.82, 2.24) is 4.98 Å². The van der Waals surface area contributed by atoms with Gasteiger partial charge in [0.1, 0.15) is 5.75 Å². The fourth-order valence-electron chi connectivity index (χ4n) is 5.23. The van der Waals surface area contributed by atoms with Crippen LogP contribution in [0, 0.1) is 23.7 Å². The number of pyridine rings is 1. The van der Waals surface area contributed by atoms with Gasteiger partial charge in [-0.3, -0.25) is 4.98 Å². The molecule has 146 valence electrons. The Hall–Kier alpha value is -1.05. The molecule has 0 spiro atoms. The first-order valence-corrected chi connectivity index (χ1v) is 11.4. The third-order valence-corrected chi connectivity index (χ3v) is 7.11. The predicted molar refractivity (Wildman–Crippen MR) is 110 cm³/mol. The largest absolute Gasteiger partial charge is 0.492 e. The van der Waals surface area contributed by atoms with Crippen molar-refractivity contribution in [1.29, 1.82) is 0 Å². The fraction of sp³-hybridized carbons (Fsp3) is 0.792. The number of aryl methyl sites for hydroxylation is 1. The molecule has 2 aliphatic carbocycles. The van der Waals surface area contributed by atoms with E-state index in [1.54, 1.807) is 0 Å². The molecule has 0 amide bonds. The van der Waals surface area contributed by atoms with Crippen molar-refractivity contribution >= 4 is 0 Å². The van der Waals surface area contributed by atoms with Crippen molar-refractivity contribution in [3.05, 3.63) is 24.0 Å². The van der Waals surface area contributed by atoms with Crippen molar-refractivity contribution in [2.75, 3.05) is 6.61 Å². The van der Waals surface area contributed by atoms with E-state index in [4.69, 9.17) is 4.74 Å². The second-order valence-electron chi connectivity index (χ2n) is 8.84. The van der Waals surface area contributed by atoms with Gasteiger partial charge in [0.25, 0.3) is 0 Å². The highest BCUT2D eigenvalue weighted by atomic mass is 16.5. The first-order valence-electron chi connectivity index (χ1n) is 11.4. The van der Waals surface area contributed by atoms with E-state index in [1.807, 2.05) is 6.20 Å². The second kappa shape index (κ2) is 10.3. The molecule has 26 heavy (non-hydrogen) atoms. The molecule has 0 unspecified atom stereocenters. The Kier molecular flexibility index (Phi) is 7.83. The number of hydrogen-bond acceptors (Lipinski definition) is 2. The highest BCUT2D eigenvalue weighted by Gasteiger charge is 2.30. The van der Waals surface area contributed by atoms with E-state index in [2.05, 4.69) is 31.0 Å². The van der Waals surface area contributed by atoms with Gasteiger partial charge in [-0.05, 0) is 80.8 Å². The van der Waals surface area contributed by atoms with E-state index in [0.717, 1.165) is 48.9 Å². The zero-order chi connectivity index (χ0) is 18.2. The molecule has 2 aliphatic rings. The standard InChI is InChI=1S/C24H39NO/c1-3-17-26-24-16-15-23(25-18-24)14-9-20-7-12-22(13-8-20)21-10-5-19(4-2)6-11-21/h15-16,18-22H,3-14,17H2,1-2H3. The maximum Gasteiger partial charge on any atom is 0.137 e. The van der Waals surface area contributed by atoms with Crippen LogP contribution in [0.5, 0.6) is 5.75 Å². The normalized spacial score (nSPS) is 29.5. The average Bonchev–Trinajstić information content (AvgIpc) is 2.72. The van der Waals surface area contributed by atoms with Gasteiger partial charge in [0, 0.05) is 5.69 Å². The monoisotopic (exact) mass is 357 g/mol. The summed E-state index contributed by atoms with van der Waals surface area (Å²) >= 11 is 0. The van der Waals surface area contributed by atoms with Gasteiger partial charge >= 0.3 is 0 Å². The molecule has 2 nitrogen and oxygen atoms in total. The number of rotatable bonds is 8. The summed E-state index contributed by atoms with van der Waals surface area (Å²) in [6.45, 7) is 5.29. The lowest BCUT2D eigenvalue weighted by atomic mass is 9.68. The summed E-state index contributed by atoms with van der Waals surface area (Å²) in [6.07, 6.45) is 18.7. The van der Waals surface area contributed by atoms with Gasteiger partial charge in [0.2, 0.25) is 0 Å². The van der Waals surface area contributed by atoms with Crippen molar-refractivity contribution in [3.63, 3.8) is 0 Å². The van der Waals surface area contributed by atoms with Crippen molar-refractivity contribution in [2.24, 2.45) is 23.7 Å². The van der Waals surface area contributed by atoms with Gasteiger partial charge in [-0.25, -0.2) is 0 Å². The molecule has 0 saturated heterocycles. The number of aromatic nitrogens is 1. The molecule has 0 radical (unpaired) electrons. The predicted octanol–water partition coefficient (Wildman–Crippen LogP) is 6.83. The van der Waals surface area contributed by atoms with Gasteiger partial charge in [-0.15, -0.1) is 0 Å². The molecular formula is C24H39NO. The molecule has 3 rings (SSSR count). The lowest BCUT2D eigenvalue weighted by Crippen LogP contribution is -2.25. The lowest BCUT2D eigenvalue weighted by molar-refractivity contribution is 0.142. The molecule has 1 heterocycles. The zero-order valence-electron chi connectivity index (χ0n) is 17.1. The maximum absolute atomic E-state index is 5.63. The Bertz CT molecular complexity index is 495. The first kappa shape index (κ1) is 19.7. The number of nitrogens with zero attached hydrogens (tertiary/aromatic N) is 1. The van der Waals surface area contributed by atoms with E-state index >= 15 is 0 Å². The van der Waals surface area contributed by atoms with Gasteiger partial charge in [0.05, 0.1) is 12.8 Å². The third-order valence-electron chi connectivity index (χ3n) is 7.11. The molecule has 0 atom stereocenters. The smallest absolute Gasteiger partial charge is 0.137 e. The van der Waals surface area contributed by atoms with Gasteiger partial charge < -0.3 is 4.74 Å². The highest BCUT2D eigenvalue weighted by Crippen LogP contribution is 2.42. The van der Waals surface area contributed by atoms with Gasteiger partial charge in [-0.2, -0.15) is 0 Å². The van der Waals surface area contributed by atoms with Crippen molar-refractivity contribution in [2.45, 2.75) is 90.9 Å². The van der Waals surface area contributed by atoms with Gasteiger partial charge in [0.15, 0.2) is 0 Å². The van der Waals surface area contributed by atoms with Crippen LogP contribution in [-0.2, 0) is 6.42 Å². The summed E-state index contributed by atoms with van der Waals surface area (Å²) in [5.41, 5.74) is 1.23. The van der Waals surface area contributed by atoms with Crippen LogP contribution in [0.1, 0.15) is 90.2 Å². The Labute approximate surface area is 161 Å². The highest BCUT2D eigenvalue weighted by molar-refractivity contribution is 5.19. The molecule has 1 aromatic heterocycles. The van der Waals surface area contributed by atoms with Crippen molar-refractivity contribution in [3.8, 4) is 5.75 Å². The van der Waals surface area contributed by atoms with Gasteiger partial charge in [-0.1, -0.05) is 46.0 Å².